The summed E-state index contributed by atoms with van der Waals surface area (Å²) in [7, 11) is 0. The lowest BCUT2D eigenvalue weighted by Gasteiger charge is -2.35. The Kier molecular flexibility index (Phi) is 3.70. The number of rotatable bonds is 5. The predicted octanol–water partition coefficient (Wildman–Crippen LogP) is 2.19. The van der Waals surface area contributed by atoms with Crippen molar-refractivity contribution < 1.29 is 0 Å². The van der Waals surface area contributed by atoms with Gasteiger partial charge in [0.25, 0.3) is 0 Å². The Morgan fingerprint density at radius 1 is 1.44 bits per heavy atom. The fraction of sp³-hybridized carbons (Fsp3) is 0.400. The van der Waals surface area contributed by atoms with E-state index in [4.69, 9.17) is 5.73 Å². The molecule has 0 radical (unpaired) electrons. The first-order valence-corrected chi connectivity index (χ1v) is 6.38. The number of hydrogen-bond donors (Lipinski definition) is 1. The van der Waals surface area contributed by atoms with E-state index in [1.54, 1.807) is 0 Å². The summed E-state index contributed by atoms with van der Waals surface area (Å²) in [6.45, 7) is 7.56. The number of aryl methyl sites for hydroxylation is 1. The van der Waals surface area contributed by atoms with Crippen LogP contribution in [0.5, 0.6) is 0 Å². The quantitative estimate of drug-likeness (QED) is 0.805. The monoisotopic (exact) mass is 243 g/mol. The van der Waals surface area contributed by atoms with Crippen LogP contribution in [0.1, 0.15) is 18.9 Å². The van der Waals surface area contributed by atoms with Gasteiger partial charge in [-0.25, -0.2) is 0 Å². The van der Waals surface area contributed by atoms with Crippen molar-refractivity contribution in [2.75, 3.05) is 13.1 Å². The van der Waals surface area contributed by atoms with Crippen molar-refractivity contribution in [3.05, 3.63) is 48.6 Å². The van der Waals surface area contributed by atoms with Gasteiger partial charge >= 0.3 is 0 Å². The second-order valence-electron chi connectivity index (χ2n) is 5.06. The standard InChI is InChI=1S/C15H21N3/c1-3-11-18-14(16)17-12-15(18,2)10-9-13-7-5-4-6-8-13/h3-8H,1,9-12H2,2H3,(H2,16,17). The largest absolute Gasteiger partial charge is 0.370 e. The number of guanidine groups is 1. The Morgan fingerprint density at radius 3 is 2.83 bits per heavy atom. The normalized spacial score (nSPS) is 22.9. The molecule has 2 N–H and O–H groups in total. The highest BCUT2D eigenvalue weighted by Gasteiger charge is 2.36. The molecule has 1 atom stereocenters. The molecule has 1 unspecified atom stereocenters. The maximum Gasteiger partial charge on any atom is 0.192 e. The first kappa shape index (κ1) is 12.7. The molecule has 3 heteroatoms. The van der Waals surface area contributed by atoms with Gasteiger partial charge in [0, 0.05) is 6.54 Å². The van der Waals surface area contributed by atoms with Crippen molar-refractivity contribution in [1.29, 1.82) is 0 Å². The van der Waals surface area contributed by atoms with Gasteiger partial charge in [-0.3, -0.25) is 4.99 Å². The summed E-state index contributed by atoms with van der Waals surface area (Å²) in [5, 5.41) is 0. The van der Waals surface area contributed by atoms with Crippen molar-refractivity contribution in [2.45, 2.75) is 25.3 Å². The van der Waals surface area contributed by atoms with Gasteiger partial charge in [0.15, 0.2) is 5.96 Å². The maximum atomic E-state index is 5.94. The molecular weight excluding hydrogens is 222 g/mol. The molecule has 0 spiro atoms. The van der Waals surface area contributed by atoms with Gasteiger partial charge in [-0.05, 0) is 25.3 Å². The summed E-state index contributed by atoms with van der Waals surface area (Å²) in [4.78, 5) is 6.53. The molecule has 0 aromatic heterocycles. The van der Waals surface area contributed by atoms with E-state index in [1.807, 2.05) is 12.1 Å². The lowest BCUT2D eigenvalue weighted by molar-refractivity contribution is 0.225. The average molecular weight is 243 g/mol. The zero-order valence-corrected chi connectivity index (χ0v) is 11.0. The molecule has 0 saturated carbocycles. The Labute approximate surface area is 109 Å². The molecule has 0 bridgehead atoms. The highest BCUT2D eigenvalue weighted by molar-refractivity contribution is 5.81. The van der Waals surface area contributed by atoms with Crippen molar-refractivity contribution in [3.8, 4) is 0 Å². The summed E-state index contributed by atoms with van der Waals surface area (Å²) in [6.07, 6.45) is 3.98. The Morgan fingerprint density at radius 2 is 2.17 bits per heavy atom. The van der Waals surface area contributed by atoms with E-state index >= 15 is 0 Å². The van der Waals surface area contributed by atoms with Crippen molar-refractivity contribution in [3.63, 3.8) is 0 Å². The minimum atomic E-state index is 0.0219. The Hall–Kier alpha value is -1.77. The molecule has 1 aliphatic heterocycles. The molecule has 96 valence electrons. The third kappa shape index (κ3) is 2.55. The average Bonchev–Trinajstić information content (AvgIpc) is 2.67. The van der Waals surface area contributed by atoms with E-state index in [9.17, 15) is 0 Å². The molecule has 0 amide bonds. The summed E-state index contributed by atoms with van der Waals surface area (Å²) in [6, 6.07) is 10.5. The fourth-order valence-corrected chi connectivity index (χ4v) is 2.41. The second kappa shape index (κ2) is 5.25. The SMILES string of the molecule is C=CCN1C(N)=NCC1(C)CCc1ccccc1. The molecule has 18 heavy (non-hydrogen) atoms. The van der Waals surface area contributed by atoms with Gasteiger partial charge in [-0.2, -0.15) is 0 Å². The number of hydrogen-bond acceptors (Lipinski definition) is 3. The maximum absolute atomic E-state index is 5.94. The first-order valence-electron chi connectivity index (χ1n) is 6.38. The highest BCUT2D eigenvalue weighted by atomic mass is 15.3. The molecular formula is C15H21N3. The summed E-state index contributed by atoms with van der Waals surface area (Å²) in [5.41, 5.74) is 7.32. The Bertz CT molecular complexity index is 438. The van der Waals surface area contributed by atoms with Gasteiger partial charge in [0.05, 0.1) is 12.1 Å². The fourth-order valence-electron chi connectivity index (χ4n) is 2.41. The minimum absolute atomic E-state index is 0.0219. The van der Waals surface area contributed by atoms with Crippen LogP contribution in [0.3, 0.4) is 0 Å². The highest BCUT2D eigenvalue weighted by Crippen LogP contribution is 2.26. The third-order valence-electron chi connectivity index (χ3n) is 3.62. The zero-order chi connectivity index (χ0) is 13.0. The van der Waals surface area contributed by atoms with Crippen LogP contribution < -0.4 is 5.73 Å². The van der Waals surface area contributed by atoms with Gasteiger partial charge in [0.1, 0.15) is 0 Å². The third-order valence-corrected chi connectivity index (χ3v) is 3.62. The predicted molar refractivity (Wildman–Crippen MR) is 76.6 cm³/mol. The number of nitrogens with two attached hydrogens (primary N) is 1. The smallest absolute Gasteiger partial charge is 0.192 e. The van der Waals surface area contributed by atoms with E-state index in [1.165, 1.54) is 5.56 Å². The van der Waals surface area contributed by atoms with Gasteiger partial charge in [0.2, 0.25) is 0 Å². The molecule has 1 heterocycles. The van der Waals surface area contributed by atoms with Gasteiger partial charge in [-0.15, -0.1) is 6.58 Å². The minimum Gasteiger partial charge on any atom is -0.370 e. The number of aliphatic imine (C=N–C) groups is 1. The van der Waals surface area contributed by atoms with E-state index in [0.717, 1.165) is 25.9 Å². The van der Waals surface area contributed by atoms with Crippen LogP contribution in [0.2, 0.25) is 0 Å². The van der Waals surface area contributed by atoms with E-state index in [0.29, 0.717) is 5.96 Å². The molecule has 1 aromatic rings. The van der Waals surface area contributed by atoms with Crippen molar-refractivity contribution in [2.24, 2.45) is 10.7 Å². The van der Waals surface area contributed by atoms with Crippen LogP contribution in [0, 0.1) is 0 Å². The molecule has 0 fully saturated rings. The molecule has 0 aliphatic carbocycles. The Balaban J connectivity index is 2.01. The van der Waals surface area contributed by atoms with E-state index in [2.05, 4.69) is 47.7 Å². The summed E-state index contributed by atoms with van der Waals surface area (Å²) in [5.74, 6) is 0.644. The van der Waals surface area contributed by atoms with Crippen LogP contribution in [-0.4, -0.2) is 29.5 Å². The van der Waals surface area contributed by atoms with Crippen LogP contribution in [-0.2, 0) is 6.42 Å². The topological polar surface area (TPSA) is 41.6 Å². The van der Waals surface area contributed by atoms with Gasteiger partial charge in [-0.1, -0.05) is 36.4 Å². The first-order chi connectivity index (χ1) is 8.65. The molecule has 0 saturated heterocycles. The molecule has 3 nitrogen and oxygen atoms in total. The zero-order valence-electron chi connectivity index (χ0n) is 11.0. The summed E-state index contributed by atoms with van der Waals surface area (Å²) >= 11 is 0. The van der Waals surface area contributed by atoms with Crippen LogP contribution >= 0.6 is 0 Å². The summed E-state index contributed by atoms with van der Waals surface area (Å²) < 4.78 is 0. The number of nitrogens with zero attached hydrogens (tertiary/aromatic N) is 2. The van der Waals surface area contributed by atoms with Crippen LogP contribution in [0.15, 0.2) is 48.0 Å². The van der Waals surface area contributed by atoms with Crippen LogP contribution in [0.25, 0.3) is 0 Å². The van der Waals surface area contributed by atoms with Gasteiger partial charge < -0.3 is 10.6 Å². The van der Waals surface area contributed by atoms with E-state index < -0.39 is 0 Å². The molecule has 1 aromatic carbocycles. The number of benzene rings is 1. The van der Waals surface area contributed by atoms with Crippen molar-refractivity contribution in [1.82, 2.24) is 4.90 Å². The second-order valence-corrected chi connectivity index (χ2v) is 5.06. The van der Waals surface area contributed by atoms with Crippen LogP contribution in [0.4, 0.5) is 0 Å². The van der Waals surface area contributed by atoms with Crippen molar-refractivity contribution >= 4 is 5.96 Å². The molecule has 1 aliphatic rings. The lowest BCUT2D eigenvalue weighted by Crippen LogP contribution is -2.49. The molecule has 2 rings (SSSR count). The van der Waals surface area contributed by atoms with E-state index in [-0.39, 0.29) is 5.54 Å². The lowest BCUT2D eigenvalue weighted by atomic mass is 9.92.